The van der Waals surface area contributed by atoms with Crippen molar-refractivity contribution < 1.29 is 14.3 Å². The Morgan fingerprint density at radius 3 is 2.46 bits per heavy atom. The topological polar surface area (TPSA) is 93.5 Å². The number of hydrogen-bond acceptors (Lipinski definition) is 5. The van der Waals surface area contributed by atoms with Gasteiger partial charge < -0.3 is 21.1 Å². The van der Waals surface area contributed by atoms with Gasteiger partial charge in [-0.15, -0.1) is 23.7 Å². The highest BCUT2D eigenvalue weighted by atomic mass is 35.5. The van der Waals surface area contributed by atoms with Gasteiger partial charge in [-0.3, -0.25) is 9.59 Å². The molecule has 0 unspecified atom stereocenters. The third-order valence-electron chi connectivity index (χ3n) is 4.04. The van der Waals surface area contributed by atoms with E-state index in [4.69, 9.17) is 10.5 Å². The lowest BCUT2D eigenvalue weighted by molar-refractivity contribution is -0.126. The number of para-hydroxylation sites is 2. The molecular formula is C18H22ClN3O3S. The van der Waals surface area contributed by atoms with Gasteiger partial charge in [-0.2, -0.15) is 0 Å². The number of halogens is 1. The second-order valence-corrected chi connectivity index (χ2v) is 6.93. The molecule has 0 radical (unpaired) electrons. The Balaban J connectivity index is 0.00000243. The maximum atomic E-state index is 12.4. The molecule has 1 aliphatic heterocycles. The molecule has 0 aliphatic carbocycles. The van der Waals surface area contributed by atoms with Crippen LogP contribution in [0.4, 0.5) is 11.4 Å². The predicted molar refractivity (Wildman–Crippen MR) is 106 cm³/mol. The van der Waals surface area contributed by atoms with E-state index in [2.05, 4.69) is 10.6 Å². The molecule has 140 valence electrons. The maximum Gasteiger partial charge on any atom is 0.253 e. The van der Waals surface area contributed by atoms with Crippen LogP contribution in [0.25, 0.3) is 0 Å². The molecule has 2 aromatic rings. The van der Waals surface area contributed by atoms with Crippen LogP contribution in [0, 0.1) is 0 Å². The van der Waals surface area contributed by atoms with Gasteiger partial charge in [-0.25, -0.2) is 0 Å². The lowest BCUT2D eigenvalue weighted by Crippen LogP contribution is -2.30. The third-order valence-corrected chi connectivity index (χ3v) is 4.91. The predicted octanol–water partition coefficient (Wildman–Crippen LogP) is 2.80. The van der Waals surface area contributed by atoms with Crippen molar-refractivity contribution >= 4 is 46.9 Å². The molecule has 6 nitrogen and oxygen atoms in total. The standard InChI is InChI=1S/C18H21N3O3S.ClH/c19-11-12-7-8-16(24-12)18(23)21-15-6-2-1-5-14(15)20-17(22)10-13-4-3-9-25-13;/h1-6,9,12,16H,7-8,10-11,19H2,(H,20,22)(H,21,23);1H/t12-,16+;/m1./s1. The second kappa shape index (κ2) is 9.68. The lowest BCUT2D eigenvalue weighted by Gasteiger charge is -2.15. The molecule has 1 aliphatic rings. The number of anilines is 2. The zero-order valence-electron chi connectivity index (χ0n) is 14.1. The summed E-state index contributed by atoms with van der Waals surface area (Å²) >= 11 is 1.54. The third kappa shape index (κ3) is 5.28. The Bertz CT molecular complexity index is 739. The van der Waals surface area contributed by atoms with Crippen LogP contribution >= 0.6 is 23.7 Å². The number of ether oxygens (including phenoxy) is 1. The molecule has 1 fully saturated rings. The molecule has 0 bridgehead atoms. The van der Waals surface area contributed by atoms with Crippen LogP contribution < -0.4 is 16.4 Å². The number of amides is 2. The van der Waals surface area contributed by atoms with Gasteiger partial charge in [-0.05, 0) is 36.4 Å². The Kier molecular flexibility index (Phi) is 7.59. The van der Waals surface area contributed by atoms with E-state index in [0.29, 0.717) is 30.8 Å². The molecule has 0 saturated carbocycles. The summed E-state index contributed by atoms with van der Waals surface area (Å²) in [7, 11) is 0. The Hall–Kier alpha value is -1.93. The Morgan fingerprint density at radius 1 is 1.12 bits per heavy atom. The van der Waals surface area contributed by atoms with Gasteiger partial charge >= 0.3 is 0 Å². The monoisotopic (exact) mass is 395 g/mol. The van der Waals surface area contributed by atoms with Crippen LogP contribution in [-0.2, 0) is 20.7 Å². The summed E-state index contributed by atoms with van der Waals surface area (Å²) in [5, 5.41) is 7.64. The van der Waals surface area contributed by atoms with E-state index >= 15 is 0 Å². The van der Waals surface area contributed by atoms with Crippen molar-refractivity contribution in [2.45, 2.75) is 31.5 Å². The first-order chi connectivity index (χ1) is 12.2. The van der Waals surface area contributed by atoms with Gasteiger partial charge in [0, 0.05) is 11.4 Å². The second-order valence-electron chi connectivity index (χ2n) is 5.90. The van der Waals surface area contributed by atoms with E-state index in [-0.39, 0.29) is 30.3 Å². The summed E-state index contributed by atoms with van der Waals surface area (Å²) < 4.78 is 5.61. The van der Waals surface area contributed by atoms with Gasteiger partial charge in [0.25, 0.3) is 5.91 Å². The number of benzene rings is 1. The first-order valence-electron chi connectivity index (χ1n) is 8.23. The summed E-state index contributed by atoms with van der Waals surface area (Å²) in [6.07, 6.45) is 1.19. The molecule has 1 aromatic heterocycles. The van der Waals surface area contributed by atoms with Crippen molar-refractivity contribution in [3.8, 4) is 0 Å². The van der Waals surface area contributed by atoms with Gasteiger partial charge in [0.15, 0.2) is 0 Å². The highest BCUT2D eigenvalue weighted by Gasteiger charge is 2.30. The molecule has 26 heavy (non-hydrogen) atoms. The minimum Gasteiger partial charge on any atom is -0.364 e. The van der Waals surface area contributed by atoms with Crippen LogP contribution in [0.5, 0.6) is 0 Å². The highest BCUT2D eigenvalue weighted by Crippen LogP contribution is 2.25. The number of carbonyl (C=O) groups is 2. The zero-order valence-corrected chi connectivity index (χ0v) is 15.8. The van der Waals surface area contributed by atoms with Crippen molar-refractivity contribution in [1.82, 2.24) is 0 Å². The molecule has 0 spiro atoms. The Morgan fingerprint density at radius 2 is 1.85 bits per heavy atom. The smallest absolute Gasteiger partial charge is 0.253 e. The van der Waals surface area contributed by atoms with E-state index in [1.54, 1.807) is 12.1 Å². The largest absolute Gasteiger partial charge is 0.364 e. The first-order valence-corrected chi connectivity index (χ1v) is 9.11. The van der Waals surface area contributed by atoms with Crippen molar-refractivity contribution in [2.75, 3.05) is 17.2 Å². The fourth-order valence-corrected chi connectivity index (χ4v) is 3.46. The molecule has 1 aromatic carbocycles. The number of nitrogens with one attached hydrogen (secondary N) is 2. The minimum atomic E-state index is -0.497. The van der Waals surface area contributed by atoms with Gasteiger partial charge in [0.2, 0.25) is 5.91 Å². The zero-order chi connectivity index (χ0) is 17.6. The highest BCUT2D eigenvalue weighted by molar-refractivity contribution is 7.10. The summed E-state index contributed by atoms with van der Waals surface area (Å²) in [5.41, 5.74) is 6.72. The van der Waals surface area contributed by atoms with Crippen molar-refractivity contribution in [3.05, 3.63) is 46.7 Å². The number of nitrogens with two attached hydrogens (primary N) is 1. The summed E-state index contributed by atoms with van der Waals surface area (Å²) in [4.78, 5) is 25.6. The minimum absolute atomic E-state index is 0. The van der Waals surface area contributed by atoms with E-state index in [9.17, 15) is 9.59 Å². The lowest BCUT2D eigenvalue weighted by atomic mass is 10.2. The van der Waals surface area contributed by atoms with Crippen molar-refractivity contribution in [1.29, 1.82) is 0 Å². The normalized spacial score (nSPS) is 18.8. The van der Waals surface area contributed by atoms with Crippen LogP contribution in [0.2, 0.25) is 0 Å². The Labute approximate surface area is 162 Å². The van der Waals surface area contributed by atoms with Crippen LogP contribution in [0.15, 0.2) is 41.8 Å². The molecule has 4 N–H and O–H groups in total. The SMILES string of the molecule is Cl.NC[C@H]1CC[C@@H](C(=O)Nc2ccccc2NC(=O)Cc2cccs2)O1. The molecule has 2 heterocycles. The maximum absolute atomic E-state index is 12.4. The van der Waals surface area contributed by atoms with Gasteiger partial charge in [0.05, 0.1) is 23.9 Å². The van der Waals surface area contributed by atoms with Gasteiger partial charge in [-0.1, -0.05) is 18.2 Å². The fraction of sp³-hybridized carbons (Fsp3) is 0.333. The first kappa shape index (κ1) is 20.4. The van der Waals surface area contributed by atoms with Gasteiger partial charge in [0.1, 0.15) is 6.10 Å². The van der Waals surface area contributed by atoms with Crippen LogP contribution in [0.3, 0.4) is 0 Å². The van der Waals surface area contributed by atoms with E-state index in [1.165, 1.54) is 11.3 Å². The number of rotatable bonds is 6. The number of carbonyl (C=O) groups excluding carboxylic acids is 2. The average molecular weight is 396 g/mol. The summed E-state index contributed by atoms with van der Waals surface area (Å²) in [5.74, 6) is -0.333. The van der Waals surface area contributed by atoms with Crippen LogP contribution in [-0.4, -0.2) is 30.6 Å². The van der Waals surface area contributed by atoms with E-state index in [0.717, 1.165) is 11.3 Å². The van der Waals surface area contributed by atoms with Crippen molar-refractivity contribution in [3.63, 3.8) is 0 Å². The molecule has 2 atom stereocenters. The summed E-state index contributed by atoms with van der Waals surface area (Å²) in [6.45, 7) is 0.416. The fourth-order valence-electron chi connectivity index (χ4n) is 2.75. The molecular weight excluding hydrogens is 374 g/mol. The molecule has 8 heteroatoms. The average Bonchev–Trinajstić information content (AvgIpc) is 3.28. The molecule has 2 amide bonds. The molecule has 1 saturated heterocycles. The van der Waals surface area contributed by atoms with E-state index < -0.39 is 6.10 Å². The number of thiophene rings is 1. The van der Waals surface area contributed by atoms with Crippen LogP contribution in [0.1, 0.15) is 17.7 Å². The van der Waals surface area contributed by atoms with E-state index in [1.807, 2.05) is 29.6 Å². The number of hydrogen-bond donors (Lipinski definition) is 3. The van der Waals surface area contributed by atoms with Crippen molar-refractivity contribution in [2.24, 2.45) is 5.73 Å². The summed E-state index contributed by atoms with van der Waals surface area (Å²) in [6, 6.07) is 11.0. The molecule has 3 rings (SSSR count). The quantitative estimate of drug-likeness (QED) is 0.701.